The second kappa shape index (κ2) is 8.58. The van der Waals surface area contributed by atoms with Crippen molar-refractivity contribution < 1.29 is 14.3 Å². The number of nitrogens with one attached hydrogen (secondary N) is 2. The molecule has 0 bridgehead atoms. The molecule has 0 saturated heterocycles. The molecular formula is C20H19ClN4O3. The normalized spacial score (nSPS) is 10.3. The van der Waals surface area contributed by atoms with Crippen molar-refractivity contribution in [2.75, 3.05) is 24.9 Å². The molecule has 0 atom stereocenters. The number of aromatic nitrogens is 2. The van der Waals surface area contributed by atoms with E-state index in [0.717, 1.165) is 11.3 Å². The number of anilines is 3. The van der Waals surface area contributed by atoms with E-state index >= 15 is 0 Å². The van der Waals surface area contributed by atoms with Gasteiger partial charge >= 0.3 is 0 Å². The van der Waals surface area contributed by atoms with Gasteiger partial charge in [0.25, 0.3) is 5.91 Å². The summed E-state index contributed by atoms with van der Waals surface area (Å²) in [6.45, 7) is 1.90. The highest BCUT2D eigenvalue weighted by molar-refractivity contribution is 6.31. The molecule has 3 rings (SSSR count). The van der Waals surface area contributed by atoms with E-state index in [1.165, 1.54) is 19.5 Å². The SMILES string of the molecule is COc1ccc(OC)c(NC(=O)c2cnc(Nc3cccc(Cl)c3C)cn2)c1. The zero-order valence-electron chi connectivity index (χ0n) is 15.6. The number of hydrogen-bond donors (Lipinski definition) is 2. The molecular weight excluding hydrogens is 380 g/mol. The van der Waals surface area contributed by atoms with Crippen LogP contribution in [0.15, 0.2) is 48.8 Å². The third-order valence-corrected chi connectivity index (χ3v) is 4.48. The molecule has 1 heterocycles. The molecule has 1 amide bonds. The monoisotopic (exact) mass is 398 g/mol. The first-order valence-electron chi connectivity index (χ1n) is 8.39. The summed E-state index contributed by atoms with van der Waals surface area (Å²) in [5, 5.41) is 6.54. The van der Waals surface area contributed by atoms with Crippen LogP contribution in [0.25, 0.3) is 0 Å². The lowest BCUT2D eigenvalue weighted by molar-refractivity contribution is 0.102. The number of ether oxygens (including phenoxy) is 2. The lowest BCUT2D eigenvalue weighted by Crippen LogP contribution is -2.15. The van der Waals surface area contributed by atoms with Crippen molar-refractivity contribution in [1.82, 2.24) is 9.97 Å². The fraction of sp³-hybridized carbons (Fsp3) is 0.150. The zero-order valence-corrected chi connectivity index (χ0v) is 16.4. The first kappa shape index (κ1) is 19.4. The van der Waals surface area contributed by atoms with Gasteiger partial charge in [-0.1, -0.05) is 17.7 Å². The quantitative estimate of drug-likeness (QED) is 0.638. The number of benzene rings is 2. The van der Waals surface area contributed by atoms with Crippen molar-refractivity contribution in [3.8, 4) is 11.5 Å². The van der Waals surface area contributed by atoms with Crippen molar-refractivity contribution in [3.63, 3.8) is 0 Å². The van der Waals surface area contributed by atoms with Crippen LogP contribution in [0.4, 0.5) is 17.2 Å². The van der Waals surface area contributed by atoms with E-state index in [0.29, 0.717) is 28.0 Å². The van der Waals surface area contributed by atoms with Crippen LogP contribution in [0.5, 0.6) is 11.5 Å². The lowest BCUT2D eigenvalue weighted by Gasteiger charge is -2.12. The molecule has 0 aliphatic carbocycles. The molecule has 0 fully saturated rings. The van der Waals surface area contributed by atoms with E-state index in [1.807, 2.05) is 25.1 Å². The molecule has 2 aromatic carbocycles. The van der Waals surface area contributed by atoms with Gasteiger partial charge in [0.15, 0.2) is 0 Å². The number of nitrogens with zero attached hydrogens (tertiary/aromatic N) is 2. The predicted molar refractivity (Wildman–Crippen MR) is 109 cm³/mol. The maximum atomic E-state index is 12.5. The van der Waals surface area contributed by atoms with Crippen molar-refractivity contribution in [3.05, 3.63) is 65.1 Å². The number of halogens is 1. The molecule has 0 aliphatic rings. The van der Waals surface area contributed by atoms with Crippen LogP contribution in [-0.4, -0.2) is 30.1 Å². The minimum absolute atomic E-state index is 0.165. The molecule has 8 heteroatoms. The number of carbonyl (C=O) groups is 1. The average Bonchev–Trinajstić information content (AvgIpc) is 2.71. The van der Waals surface area contributed by atoms with E-state index in [9.17, 15) is 4.79 Å². The molecule has 0 spiro atoms. The smallest absolute Gasteiger partial charge is 0.275 e. The van der Waals surface area contributed by atoms with Crippen molar-refractivity contribution in [2.45, 2.75) is 6.92 Å². The third kappa shape index (κ3) is 4.32. The summed E-state index contributed by atoms with van der Waals surface area (Å²) in [5.41, 5.74) is 2.36. The Bertz CT molecular complexity index is 993. The van der Waals surface area contributed by atoms with Gasteiger partial charge in [-0.05, 0) is 36.8 Å². The van der Waals surface area contributed by atoms with E-state index < -0.39 is 5.91 Å². The van der Waals surface area contributed by atoms with Crippen LogP contribution in [0.3, 0.4) is 0 Å². The molecule has 0 saturated carbocycles. The molecule has 3 aromatic rings. The van der Waals surface area contributed by atoms with Crippen molar-refractivity contribution in [1.29, 1.82) is 0 Å². The third-order valence-electron chi connectivity index (χ3n) is 4.07. The van der Waals surface area contributed by atoms with Gasteiger partial charge in [0.2, 0.25) is 0 Å². The van der Waals surface area contributed by atoms with Crippen molar-refractivity contribution in [2.24, 2.45) is 0 Å². The average molecular weight is 399 g/mol. The molecule has 2 N–H and O–H groups in total. The van der Waals surface area contributed by atoms with E-state index in [-0.39, 0.29) is 5.69 Å². The maximum Gasteiger partial charge on any atom is 0.275 e. The van der Waals surface area contributed by atoms with E-state index in [4.69, 9.17) is 21.1 Å². The largest absolute Gasteiger partial charge is 0.497 e. The molecule has 0 unspecified atom stereocenters. The Hall–Kier alpha value is -3.32. The molecule has 144 valence electrons. The van der Waals surface area contributed by atoms with Crippen LogP contribution >= 0.6 is 11.6 Å². The molecule has 1 aromatic heterocycles. The summed E-state index contributed by atoms with van der Waals surface area (Å²) in [6.07, 6.45) is 2.88. The van der Waals surface area contributed by atoms with Gasteiger partial charge in [-0.25, -0.2) is 9.97 Å². The minimum atomic E-state index is -0.412. The molecule has 0 radical (unpaired) electrons. The van der Waals surface area contributed by atoms with Crippen LogP contribution in [0.1, 0.15) is 16.1 Å². The van der Waals surface area contributed by atoms with Crippen LogP contribution in [0, 0.1) is 6.92 Å². The number of amides is 1. The number of hydrogen-bond acceptors (Lipinski definition) is 6. The summed E-state index contributed by atoms with van der Waals surface area (Å²) in [6, 6.07) is 10.7. The van der Waals surface area contributed by atoms with Gasteiger partial charge in [-0.2, -0.15) is 0 Å². The number of carbonyl (C=O) groups excluding carboxylic acids is 1. The fourth-order valence-electron chi connectivity index (χ4n) is 2.49. The Morgan fingerprint density at radius 2 is 1.86 bits per heavy atom. The Kier molecular flexibility index (Phi) is 5.96. The van der Waals surface area contributed by atoms with E-state index in [2.05, 4.69) is 20.6 Å². The van der Waals surface area contributed by atoms with Crippen molar-refractivity contribution >= 4 is 34.7 Å². The van der Waals surface area contributed by atoms with Gasteiger partial charge in [0, 0.05) is 16.8 Å². The Morgan fingerprint density at radius 1 is 1.04 bits per heavy atom. The highest BCUT2D eigenvalue weighted by Crippen LogP contribution is 2.29. The highest BCUT2D eigenvalue weighted by atomic mass is 35.5. The Balaban J connectivity index is 1.75. The van der Waals surface area contributed by atoms with Crippen LogP contribution in [-0.2, 0) is 0 Å². The van der Waals surface area contributed by atoms with Crippen LogP contribution < -0.4 is 20.1 Å². The summed E-state index contributed by atoms with van der Waals surface area (Å²) in [7, 11) is 3.07. The van der Waals surface area contributed by atoms with Gasteiger partial charge in [-0.3, -0.25) is 4.79 Å². The van der Waals surface area contributed by atoms with Gasteiger partial charge in [0.05, 0.1) is 32.3 Å². The zero-order chi connectivity index (χ0) is 20.1. The maximum absolute atomic E-state index is 12.5. The van der Waals surface area contributed by atoms with Crippen LogP contribution in [0.2, 0.25) is 5.02 Å². The summed E-state index contributed by atoms with van der Waals surface area (Å²) in [4.78, 5) is 20.9. The fourth-order valence-corrected chi connectivity index (χ4v) is 2.66. The highest BCUT2D eigenvalue weighted by Gasteiger charge is 2.13. The number of rotatable bonds is 6. The van der Waals surface area contributed by atoms with E-state index in [1.54, 1.807) is 25.3 Å². The second-order valence-electron chi connectivity index (χ2n) is 5.84. The topological polar surface area (TPSA) is 85.4 Å². The number of methoxy groups -OCH3 is 2. The van der Waals surface area contributed by atoms with Gasteiger partial charge in [0.1, 0.15) is 23.0 Å². The Labute approximate surface area is 167 Å². The Morgan fingerprint density at radius 3 is 2.54 bits per heavy atom. The van der Waals surface area contributed by atoms with Gasteiger partial charge < -0.3 is 20.1 Å². The summed E-state index contributed by atoms with van der Waals surface area (Å²) in [5.74, 6) is 1.20. The first-order valence-corrected chi connectivity index (χ1v) is 8.77. The predicted octanol–water partition coefficient (Wildman–Crippen LogP) is 4.45. The molecule has 28 heavy (non-hydrogen) atoms. The standard InChI is InChI=1S/C20H19ClN4O3/c1-12-14(21)5-4-6-15(12)24-19-11-22-17(10-23-19)20(26)25-16-9-13(27-2)7-8-18(16)28-3/h4-11H,1-3H3,(H,23,24)(H,25,26). The minimum Gasteiger partial charge on any atom is -0.497 e. The molecule has 0 aliphatic heterocycles. The molecule has 7 nitrogen and oxygen atoms in total. The second-order valence-corrected chi connectivity index (χ2v) is 6.25. The summed E-state index contributed by atoms with van der Waals surface area (Å²) >= 11 is 6.12. The van der Waals surface area contributed by atoms with Gasteiger partial charge in [-0.15, -0.1) is 0 Å². The summed E-state index contributed by atoms with van der Waals surface area (Å²) < 4.78 is 10.4. The lowest BCUT2D eigenvalue weighted by atomic mass is 10.2. The first-order chi connectivity index (χ1) is 13.5.